The topological polar surface area (TPSA) is 38.7 Å². The van der Waals surface area contributed by atoms with E-state index in [4.69, 9.17) is 0 Å². The van der Waals surface area contributed by atoms with Crippen LogP contribution in [0, 0.1) is 62.3 Å². The van der Waals surface area contributed by atoms with Crippen LogP contribution in [0.3, 0.4) is 0 Å². The molecule has 3 aromatic carbocycles. The molecular formula is C42H42BN3. The van der Waals surface area contributed by atoms with E-state index in [1.807, 2.05) is 55.4 Å². The van der Waals surface area contributed by atoms with E-state index in [0.717, 1.165) is 16.7 Å². The molecule has 3 heterocycles. The lowest BCUT2D eigenvalue weighted by atomic mass is 9.33. The third-order valence-electron chi connectivity index (χ3n) is 9.95. The fourth-order valence-electron chi connectivity index (χ4n) is 7.97. The molecule has 0 atom stereocenters. The number of aromatic nitrogens is 3. The van der Waals surface area contributed by atoms with E-state index in [2.05, 4.69) is 114 Å². The molecule has 0 aliphatic rings. The molecule has 228 valence electrons. The van der Waals surface area contributed by atoms with E-state index in [1.165, 1.54) is 83.1 Å². The third kappa shape index (κ3) is 5.36. The van der Waals surface area contributed by atoms with Crippen LogP contribution in [-0.4, -0.2) is 21.7 Å². The molecule has 0 bridgehead atoms. The highest BCUT2D eigenvalue weighted by molar-refractivity contribution is 6.97. The van der Waals surface area contributed by atoms with Gasteiger partial charge in [-0.05, 0) is 136 Å². The molecule has 0 unspecified atom stereocenters. The van der Waals surface area contributed by atoms with E-state index >= 15 is 0 Å². The van der Waals surface area contributed by atoms with E-state index in [-0.39, 0.29) is 6.71 Å². The van der Waals surface area contributed by atoms with Gasteiger partial charge < -0.3 is 0 Å². The average molecular weight is 600 g/mol. The van der Waals surface area contributed by atoms with Gasteiger partial charge in [-0.1, -0.05) is 63.9 Å². The minimum Gasteiger partial charge on any atom is -0.264 e. The lowest BCUT2D eigenvalue weighted by molar-refractivity contribution is 1.28. The molecule has 4 heteroatoms. The van der Waals surface area contributed by atoms with Crippen molar-refractivity contribution in [3.63, 3.8) is 0 Å². The van der Waals surface area contributed by atoms with Gasteiger partial charge in [0.25, 0.3) is 0 Å². The van der Waals surface area contributed by atoms with Crippen LogP contribution < -0.4 is 16.4 Å². The van der Waals surface area contributed by atoms with Crippen LogP contribution >= 0.6 is 0 Å². The summed E-state index contributed by atoms with van der Waals surface area (Å²) >= 11 is 0. The van der Waals surface area contributed by atoms with Crippen molar-refractivity contribution in [3.05, 3.63) is 142 Å². The molecule has 46 heavy (non-hydrogen) atoms. The van der Waals surface area contributed by atoms with Crippen LogP contribution in [0.5, 0.6) is 0 Å². The first-order valence-corrected chi connectivity index (χ1v) is 16.1. The van der Waals surface area contributed by atoms with Gasteiger partial charge in [0.1, 0.15) is 0 Å². The van der Waals surface area contributed by atoms with Gasteiger partial charge in [0.2, 0.25) is 6.71 Å². The lowest BCUT2D eigenvalue weighted by Crippen LogP contribution is -2.57. The number of aryl methyl sites for hydroxylation is 5. The van der Waals surface area contributed by atoms with Gasteiger partial charge in [0.05, 0.1) is 0 Å². The maximum Gasteiger partial charge on any atom is 0.243 e. The Bertz CT molecular complexity index is 1970. The first-order valence-electron chi connectivity index (χ1n) is 16.1. The van der Waals surface area contributed by atoms with E-state index in [1.54, 1.807) is 0 Å². The van der Waals surface area contributed by atoms with Gasteiger partial charge in [0, 0.05) is 53.9 Å². The van der Waals surface area contributed by atoms with E-state index < -0.39 is 0 Å². The highest BCUT2D eigenvalue weighted by Crippen LogP contribution is 2.32. The summed E-state index contributed by atoms with van der Waals surface area (Å²) < 4.78 is 0. The average Bonchev–Trinajstić information content (AvgIpc) is 3.03. The summed E-state index contributed by atoms with van der Waals surface area (Å²) in [5.41, 5.74) is 23.0. The fraction of sp³-hybridized carbons (Fsp3) is 0.214. The number of benzene rings is 3. The quantitative estimate of drug-likeness (QED) is 0.181. The molecule has 0 N–H and O–H groups in total. The summed E-state index contributed by atoms with van der Waals surface area (Å²) in [5.74, 6) is 0. The van der Waals surface area contributed by atoms with Crippen molar-refractivity contribution in [2.75, 3.05) is 0 Å². The minimum atomic E-state index is 0.00163. The van der Waals surface area contributed by atoms with Crippen molar-refractivity contribution in [1.29, 1.82) is 0 Å². The highest BCUT2D eigenvalue weighted by Gasteiger charge is 2.33. The first kappa shape index (κ1) is 31.2. The fourth-order valence-corrected chi connectivity index (χ4v) is 7.97. The maximum atomic E-state index is 4.52. The zero-order valence-electron chi connectivity index (χ0n) is 28.6. The lowest BCUT2D eigenvalue weighted by Gasteiger charge is -2.30. The van der Waals surface area contributed by atoms with Gasteiger partial charge in [-0.3, -0.25) is 15.0 Å². The largest absolute Gasteiger partial charge is 0.264 e. The van der Waals surface area contributed by atoms with Gasteiger partial charge in [0.15, 0.2) is 0 Å². The smallest absolute Gasteiger partial charge is 0.243 e. The van der Waals surface area contributed by atoms with Crippen molar-refractivity contribution >= 4 is 23.1 Å². The van der Waals surface area contributed by atoms with Crippen molar-refractivity contribution in [2.24, 2.45) is 0 Å². The molecule has 0 amide bonds. The van der Waals surface area contributed by atoms with Crippen LogP contribution in [0.1, 0.15) is 50.1 Å². The highest BCUT2D eigenvalue weighted by atomic mass is 14.6. The van der Waals surface area contributed by atoms with Crippen LogP contribution in [0.2, 0.25) is 0 Å². The minimum absolute atomic E-state index is 0.00163. The number of hydrogen-bond acceptors (Lipinski definition) is 3. The Labute approximate surface area is 274 Å². The Hall–Kier alpha value is -4.83. The number of hydrogen-bond donors (Lipinski definition) is 0. The Morgan fingerprint density at radius 3 is 1.22 bits per heavy atom. The third-order valence-corrected chi connectivity index (χ3v) is 9.95. The zero-order valence-corrected chi connectivity index (χ0v) is 28.6. The summed E-state index contributed by atoms with van der Waals surface area (Å²) in [6, 6.07) is 19.8. The SMILES string of the molecule is Cc1cc(B(c2c(C)cc(C)c(-c3cccnc3)c2C)c2c(C)cc(C)c(-c3cccnc3)c2C)c(C)c(-c2cccnc2)c1C. The van der Waals surface area contributed by atoms with Crippen LogP contribution in [0.25, 0.3) is 33.4 Å². The zero-order chi connectivity index (χ0) is 32.7. The predicted molar refractivity (Wildman–Crippen MR) is 196 cm³/mol. The molecule has 6 aromatic rings. The van der Waals surface area contributed by atoms with Crippen LogP contribution in [-0.2, 0) is 0 Å². The molecule has 0 saturated heterocycles. The second-order valence-electron chi connectivity index (χ2n) is 12.9. The Kier molecular flexibility index (Phi) is 8.48. The van der Waals surface area contributed by atoms with Crippen molar-refractivity contribution in [3.8, 4) is 33.4 Å². The maximum absolute atomic E-state index is 4.52. The normalized spacial score (nSPS) is 11.2. The van der Waals surface area contributed by atoms with Gasteiger partial charge in [-0.15, -0.1) is 0 Å². The summed E-state index contributed by atoms with van der Waals surface area (Å²) in [6.07, 6.45) is 11.5. The molecule has 0 saturated carbocycles. The molecule has 3 aromatic heterocycles. The molecule has 3 nitrogen and oxygen atoms in total. The summed E-state index contributed by atoms with van der Waals surface area (Å²) in [4.78, 5) is 13.5. The molecule has 0 aliphatic heterocycles. The number of nitrogens with zero attached hydrogens (tertiary/aromatic N) is 3. The van der Waals surface area contributed by atoms with Gasteiger partial charge in [-0.2, -0.15) is 0 Å². The molecule has 0 radical (unpaired) electrons. The van der Waals surface area contributed by atoms with Gasteiger partial charge >= 0.3 is 0 Å². The molecular weight excluding hydrogens is 557 g/mol. The second-order valence-corrected chi connectivity index (χ2v) is 12.9. The van der Waals surface area contributed by atoms with Crippen molar-refractivity contribution in [2.45, 2.75) is 62.3 Å². The summed E-state index contributed by atoms with van der Waals surface area (Å²) in [5, 5.41) is 0. The van der Waals surface area contributed by atoms with E-state index in [9.17, 15) is 0 Å². The molecule has 0 spiro atoms. The van der Waals surface area contributed by atoms with Crippen LogP contribution in [0.15, 0.2) is 91.8 Å². The molecule has 0 fully saturated rings. The van der Waals surface area contributed by atoms with Gasteiger partial charge in [-0.25, -0.2) is 0 Å². The Balaban J connectivity index is 1.76. The van der Waals surface area contributed by atoms with E-state index in [0.29, 0.717) is 0 Å². The first-order chi connectivity index (χ1) is 22.1. The number of rotatable bonds is 6. The van der Waals surface area contributed by atoms with Crippen molar-refractivity contribution < 1.29 is 0 Å². The predicted octanol–water partition coefficient (Wildman–Crippen LogP) is 8.16. The van der Waals surface area contributed by atoms with Crippen molar-refractivity contribution in [1.82, 2.24) is 15.0 Å². The monoisotopic (exact) mass is 599 g/mol. The van der Waals surface area contributed by atoms with Crippen LogP contribution in [0.4, 0.5) is 0 Å². The Morgan fingerprint density at radius 2 is 0.826 bits per heavy atom. The second kappa shape index (κ2) is 12.5. The molecule has 0 aliphatic carbocycles. The molecule has 6 rings (SSSR count). The summed E-state index contributed by atoms with van der Waals surface area (Å²) in [6.45, 7) is 20.4. The Morgan fingerprint density at radius 1 is 0.413 bits per heavy atom. The number of pyridine rings is 3. The standard InChI is InChI=1S/C42H42BN3/c1-25-21-37(31(7)40(30(25)6)36-15-12-18-46-24-36)43(41-28(4)19-26(2)38(32(41)8)34-13-10-16-44-22-34)42-29(5)20-27(3)39(33(42)9)35-14-11-17-45-23-35/h10-24H,1-9H3. The summed E-state index contributed by atoms with van der Waals surface area (Å²) in [7, 11) is 0.